The fraction of sp³-hybridized carbons (Fsp3) is 0.105. The summed E-state index contributed by atoms with van der Waals surface area (Å²) in [6.07, 6.45) is 0. The highest BCUT2D eigenvalue weighted by molar-refractivity contribution is 7.07. The lowest BCUT2D eigenvalue weighted by Crippen LogP contribution is -2.28. The van der Waals surface area contributed by atoms with Crippen LogP contribution in [0.15, 0.2) is 65.4 Å². The quantitative estimate of drug-likeness (QED) is 0.690. The molecular formula is C19H16ClNO2S. The third-order valence-electron chi connectivity index (χ3n) is 3.47. The van der Waals surface area contributed by atoms with Crippen LogP contribution in [0.5, 0.6) is 5.75 Å². The lowest BCUT2D eigenvalue weighted by atomic mass is 10.1. The molecule has 1 heterocycles. The molecule has 3 rings (SSSR count). The van der Waals surface area contributed by atoms with Gasteiger partial charge in [0.05, 0.1) is 5.02 Å². The number of hydrogen-bond acceptors (Lipinski definition) is 3. The minimum atomic E-state index is -0.176. The van der Waals surface area contributed by atoms with E-state index in [0.29, 0.717) is 17.3 Å². The lowest BCUT2D eigenvalue weighted by molar-refractivity contribution is -0.123. The van der Waals surface area contributed by atoms with Crippen molar-refractivity contribution < 1.29 is 9.53 Å². The molecule has 1 amide bonds. The molecule has 5 heteroatoms. The normalized spacial score (nSPS) is 10.4. The van der Waals surface area contributed by atoms with Gasteiger partial charge in [-0.1, -0.05) is 48.0 Å². The first kappa shape index (κ1) is 16.6. The number of carbonyl (C=O) groups excluding carboxylic acids is 1. The third-order valence-corrected chi connectivity index (χ3v) is 4.49. The summed E-state index contributed by atoms with van der Waals surface area (Å²) in [5.41, 5.74) is 3.17. The van der Waals surface area contributed by atoms with E-state index in [-0.39, 0.29) is 12.5 Å². The second-order valence-electron chi connectivity index (χ2n) is 5.21. The van der Waals surface area contributed by atoms with Crippen molar-refractivity contribution in [3.63, 3.8) is 0 Å². The molecule has 0 unspecified atom stereocenters. The number of carbonyl (C=O) groups is 1. The highest BCUT2D eigenvalue weighted by Crippen LogP contribution is 2.30. The Kier molecular flexibility index (Phi) is 5.51. The second-order valence-corrected chi connectivity index (χ2v) is 6.40. The van der Waals surface area contributed by atoms with Crippen LogP contribution in [0.3, 0.4) is 0 Å². The predicted molar refractivity (Wildman–Crippen MR) is 98.5 cm³/mol. The van der Waals surface area contributed by atoms with E-state index in [4.69, 9.17) is 16.3 Å². The van der Waals surface area contributed by atoms with Gasteiger partial charge < -0.3 is 10.1 Å². The highest BCUT2D eigenvalue weighted by Gasteiger charge is 2.08. The Bertz CT molecular complexity index is 803. The van der Waals surface area contributed by atoms with Crippen LogP contribution in [-0.4, -0.2) is 12.5 Å². The third kappa shape index (κ3) is 4.37. The fourth-order valence-corrected chi connectivity index (χ4v) is 3.12. The van der Waals surface area contributed by atoms with Gasteiger partial charge >= 0.3 is 0 Å². The predicted octanol–water partition coefficient (Wildman–Crippen LogP) is 4.76. The van der Waals surface area contributed by atoms with Crippen molar-refractivity contribution in [3.8, 4) is 16.9 Å². The van der Waals surface area contributed by atoms with Gasteiger partial charge in [-0.2, -0.15) is 11.3 Å². The molecule has 0 aliphatic heterocycles. The Morgan fingerprint density at radius 2 is 1.92 bits per heavy atom. The van der Waals surface area contributed by atoms with E-state index in [1.54, 1.807) is 17.4 Å². The molecule has 0 fully saturated rings. The summed E-state index contributed by atoms with van der Waals surface area (Å²) < 4.78 is 5.52. The Morgan fingerprint density at radius 3 is 2.62 bits per heavy atom. The average Bonchev–Trinajstić information content (AvgIpc) is 3.13. The van der Waals surface area contributed by atoms with Crippen molar-refractivity contribution in [2.24, 2.45) is 0 Å². The number of ether oxygens (including phenoxy) is 1. The Balaban J connectivity index is 1.56. The fourth-order valence-electron chi connectivity index (χ4n) is 2.22. The molecule has 0 atom stereocenters. The molecule has 0 bridgehead atoms. The molecule has 24 heavy (non-hydrogen) atoms. The first-order valence-electron chi connectivity index (χ1n) is 7.48. The summed E-state index contributed by atoms with van der Waals surface area (Å²) in [7, 11) is 0. The second kappa shape index (κ2) is 7.99. The smallest absolute Gasteiger partial charge is 0.258 e. The van der Waals surface area contributed by atoms with E-state index in [2.05, 4.69) is 5.32 Å². The zero-order valence-electron chi connectivity index (χ0n) is 12.9. The number of benzene rings is 2. The van der Waals surface area contributed by atoms with Crippen LogP contribution < -0.4 is 10.1 Å². The largest absolute Gasteiger partial charge is 0.482 e. The zero-order chi connectivity index (χ0) is 16.8. The van der Waals surface area contributed by atoms with E-state index in [1.165, 1.54) is 0 Å². The lowest BCUT2D eigenvalue weighted by Gasteiger charge is -2.10. The summed E-state index contributed by atoms with van der Waals surface area (Å²) >= 11 is 7.87. The number of amides is 1. The molecule has 3 nitrogen and oxygen atoms in total. The molecule has 0 saturated heterocycles. The van der Waals surface area contributed by atoms with Crippen LogP contribution in [0, 0.1) is 0 Å². The van der Waals surface area contributed by atoms with Crippen molar-refractivity contribution in [3.05, 3.63) is 75.9 Å². The molecule has 1 aromatic heterocycles. The van der Waals surface area contributed by atoms with Gasteiger partial charge in [0.1, 0.15) is 5.75 Å². The maximum absolute atomic E-state index is 11.8. The molecule has 2 aromatic carbocycles. The first-order valence-corrected chi connectivity index (χ1v) is 8.80. The number of rotatable bonds is 6. The van der Waals surface area contributed by atoms with Gasteiger partial charge in [-0.25, -0.2) is 0 Å². The van der Waals surface area contributed by atoms with Gasteiger partial charge in [-0.3, -0.25) is 4.79 Å². The standard InChI is InChI=1S/C19H16ClNO2S/c20-17-10-16(15-4-2-1-3-5-15)6-7-18(17)23-12-19(22)21-11-14-8-9-24-13-14/h1-10,13H,11-12H2,(H,21,22). The van der Waals surface area contributed by atoms with E-state index in [0.717, 1.165) is 16.7 Å². The van der Waals surface area contributed by atoms with Crippen LogP contribution in [-0.2, 0) is 11.3 Å². The van der Waals surface area contributed by atoms with Crippen LogP contribution in [0.25, 0.3) is 11.1 Å². The summed E-state index contributed by atoms with van der Waals surface area (Å²) in [5.74, 6) is 0.325. The summed E-state index contributed by atoms with van der Waals surface area (Å²) in [6, 6.07) is 17.5. The Morgan fingerprint density at radius 1 is 1.08 bits per heavy atom. The van der Waals surface area contributed by atoms with Crippen LogP contribution in [0.2, 0.25) is 5.02 Å². The Hall–Kier alpha value is -2.30. The minimum absolute atomic E-state index is 0.0610. The molecule has 3 aromatic rings. The van der Waals surface area contributed by atoms with Crippen molar-refractivity contribution in [2.75, 3.05) is 6.61 Å². The number of hydrogen-bond donors (Lipinski definition) is 1. The van der Waals surface area contributed by atoms with E-state index >= 15 is 0 Å². The number of thiophene rings is 1. The van der Waals surface area contributed by atoms with Gasteiger partial charge in [0.25, 0.3) is 5.91 Å². The summed E-state index contributed by atoms with van der Waals surface area (Å²) in [4.78, 5) is 11.8. The molecule has 0 spiro atoms. The Labute approximate surface area is 149 Å². The van der Waals surface area contributed by atoms with Crippen molar-refractivity contribution in [2.45, 2.75) is 6.54 Å². The highest BCUT2D eigenvalue weighted by atomic mass is 35.5. The maximum Gasteiger partial charge on any atom is 0.258 e. The van der Waals surface area contributed by atoms with Crippen molar-refractivity contribution in [1.82, 2.24) is 5.32 Å². The molecule has 1 N–H and O–H groups in total. The summed E-state index contributed by atoms with van der Waals surface area (Å²) in [6.45, 7) is 0.445. The van der Waals surface area contributed by atoms with E-state index < -0.39 is 0 Å². The van der Waals surface area contributed by atoms with Crippen molar-refractivity contribution >= 4 is 28.8 Å². The molecule has 0 aliphatic carbocycles. The van der Waals surface area contributed by atoms with Crippen LogP contribution in [0.4, 0.5) is 0 Å². The van der Waals surface area contributed by atoms with Gasteiger partial charge in [0, 0.05) is 6.54 Å². The molecular weight excluding hydrogens is 342 g/mol. The monoisotopic (exact) mass is 357 g/mol. The van der Waals surface area contributed by atoms with Crippen LogP contribution >= 0.6 is 22.9 Å². The minimum Gasteiger partial charge on any atom is -0.482 e. The molecule has 122 valence electrons. The van der Waals surface area contributed by atoms with Gasteiger partial charge in [-0.05, 0) is 45.6 Å². The number of nitrogens with one attached hydrogen (secondary N) is 1. The molecule has 0 radical (unpaired) electrons. The SMILES string of the molecule is O=C(COc1ccc(-c2ccccc2)cc1Cl)NCc1ccsc1. The number of halogens is 1. The van der Waals surface area contributed by atoms with Crippen molar-refractivity contribution in [1.29, 1.82) is 0 Å². The van der Waals surface area contributed by atoms with Gasteiger partial charge in [0.15, 0.2) is 6.61 Å². The van der Waals surface area contributed by atoms with E-state index in [1.807, 2.05) is 59.3 Å². The molecule has 0 saturated carbocycles. The average molecular weight is 358 g/mol. The maximum atomic E-state index is 11.8. The van der Waals surface area contributed by atoms with Gasteiger partial charge in [0.2, 0.25) is 0 Å². The first-order chi connectivity index (χ1) is 11.7. The zero-order valence-corrected chi connectivity index (χ0v) is 14.4. The van der Waals surface area contributed by atoms with Gasteiger partial charge in [-0.15, -0.1) is 0 Å². The molecule has 0 aliphatic rings. The van der Waals surface area contributed by atoms with Crippen LogP contribution in [0.1, 0.15) is 5.56 Å². The summed E-state index contributed by atoms with van der Waals surface area (Å²) in [5, 5.41) is 7.28. The topological polar surface area (TPSA) is 38.3 Å². The van der Waals surface area contributed by atoms with E-state index in [9.17, 15) is 4.79 Å².